The molecular formula is C10H14N2. The Hall–Kier alpha value is -1.31. The second kappa shape index (κ2) is 3.90. The summed E-state index contributed by atoms with van der Waals surface area (Å²) in [6.45, 7) is 4.09. The molecule has 0 spiro atoms. The maximum absolute atomic E-state index is 5.63. The van der Waals surface area contributed by atoms with Crippen LogP contribution in [0.4, 0.5) is 11.4 Å². The molecule has 0 aliphatic heterocycles. The molecule has 64 valence electrons. The molecule has 0 fully saturated rings. The van der Waals surface area contributed by atoms with Gasteiger partial charge in [-0.15, -0.1) is 0 Å². The van der Waals surface area contributed by atoms with E-state index in [4.69, 9.17) is 5.73 Å². The molecule has 0 unspecified atom stereocenters. The SMILES string of the molecule is CC/C=N\c1cc(N)ccc1C. The van der Waals surface area contributed by atoms with Crippen molar-refractivity contribution >= 4 is 17.6 Å². The van der Waals surface area contributed by atoms with Crippen molar-refractivity contribution in [2.75, 3.05) is 5.73 Å². The highest BCUT2D eigenvalue weighted by atomic mass is 14.7. The molecule has 2 heteroatoms. The fraction of sp³-hybridized carbons (Fsp3) is 0.300. The molecule has 2 nitrogen and oxygen atoms in total. The Kier molecular flexibility index (Phi) is 2.86. The molecule has 0 bridgehead atoms. The molecule has 0 saturated heterocycles. The first-order valence-electron chi connectivity index (χ1n) is 4.12. The maximum atomic E-state index is 5.63. The van der Waals surface area contributed by atoms with Crippen molar-refractivity contribution in [1.29, 1.82) is 0 Å². The van der Waals surface area contributed by atoms with Crippen molar-refractivity contribution < 1.29 is 0 Å². The third kappa shape index (κ3) is 2.09. The number of aryl methyl sites for hydroxylation is 1. The van der Waals surface area contributed by atoms with E-state index in [1.54, 1.807) is 0 Å². The van der Waals surface area contributed by atoms with Crippen LogP contribution in [0.2, 0.25) is 0 Å². The Morgan fingerprint density at radius 2 is 2.25 bits per heavy atom. The van der Waals surface area contributed by atoms with Crippen LogP contribution >= 0.6 is 0 Å². The summed E-state index contributed by atoms with van der Waals surface area (Å²) in [5.74, 6) is 0. The van der Waals surface area contributed by atoms with Crippen LogP contribution in [0.25, 0.3) is 0 Å². The van der Waals surface area contributed by atoms with E-state index >= 15 is 0 Å². The normalized spacial score (nSPS) is 10.8. The van der Waals surface area contributed by atoms with Gasteiger partial charge in [0.1, 0.15) is 0 Å². The number of anilines is 1. The van der Waals surface area contributed by atoms with Gasteiger partial charge in [0.25, 0.3) is 0 Å². The molecule has 0 heterocycles. The van der Waals surface area contributed by atoms with Gasteiger partial charge in [-0.2, -0.15) is 0 Å². The van der Waals surface area contributed by atoms with Gasteiger partial charge < -0.3 is 5.73 Å². The zero-order chi connectivity index (χ0) is 8.97. The van der Waals surface area contributed by atoms with Crippen LogP contribution in [-0.4, -0.2) is 6.21 Å². The Bertz CT molecular complexity index is 290. The van der Waals surface area contributed by atoms with Crippen LogP contribution in [0, 0.1) is 6.92 Å². The van der Waals surface area contributed by atoms with Crippen LogP contribution in [-0.2, 0) is 0 Å². The second-order valence-electron chi connectivity index (χ2n) is 2.77. The van der Waals surface area contributed by atoms with Crippen LogP contribution in [0.3, 0.4) is 0 Å². The van der Waals surface area contributed by atoms with Gasteiger partial charge in [-0.25, -0.2) is 0 Å². The molecule has 1 aromatic rings. The van der Waals surface area contributed by atoms with Gasteiger partial charge in [0, 0.05) is 11.9 Å². The summed E-state index contributed by atoms with van der Waals surface area (Å²) in [4.78, 5) is 4.28. The monoisotopic (exact) mass is 162 g/mol. The van der Waals surface area contributed by atoms with Crippen molar-refractivity contribution in [2.24, 2.45) is 4.99 Å². The summed E-state index contributed by atoms with van der Waals surface area (Å²) in [6, 6.07) is 5.76. The molecule has 0 atom stereocenters. The molecule has 0 aromatic heterocycles. The number of nitrogen functional groups attached to an aromatic ring is 1. The van der Waals surface area contributed by atoms with Gasteiger partial charge in [-0.1, -0.05) is 13.0 Å². The first-order valence-corrected chi connectivity index (χ1v) is 4.12. The summed E-state index contributed by atoms with van der Waals surface area (Å²) in [6.07, 6.45) is 2.84. The molecule has 1 rings (SSSR count). The van der Waals surface area contributed by atoms with Crippen molar-refractivity contribution in [1.82, 2.24) is 0 Å². The minimum Gasteiger partial charge on any atom is -0.399 e. The zero-order valence-electron chi connectivity index (χ0n) is 7.54. The zero-order valence-corrected chi connectivity index (χ0v) is 7.54. The lowest BCUT2D eigenvalue weighted by molar-refractivity contribution is 1.30. The van der Waals surface area contributed by atoms with Crippen molar-refractivity contribution in [2.45, 2.75) is 20.3 Å². The molecule has 0 radical (unpaired) electrons. The lowest BCUT2D eigenvalue weighted by Crippen LogP contribution is -1.84. The molecule has 0 aliphatic rings. The number of nitrogens with zero attached hydrogens (tertiary/aromatic N) is 1. The maximum Gasteiger partial charge on any atom is 0.0675 e. The molecule has 0 aliphatic carbocycles. The predicted octanol–water partition coefficient (Wildman–Crippen LogP) is 2.69. The number of hydrogen-bond donors (Lipinski definition) is 1. The van der Waals surface area contributed by atoms with Gasteiger partial charge in [0.05, 0.1) is 5.69 Å². The highest BCUT2D eigenvalue weighted by Gasteiger charge is 1.94. The molecule has 12 heavy (non-hydrogen) atoms. The van der Waals surface area contributed by atoms with Crippen LogP contribution in [0.15, 0.2) is 23.2 Å². The average Bonchev–Trinajstić information content (AvgIpc) is 2.07. The Labute approximate surface area is 73.1 Å². The van der Waals surface area contributed by atoms with E-state index in [2.05, 4.69) is 11.9 Å². The highest BCUT2D eigenvalue weighted by molar-refractivity contribution is 5.66. The minimum atomic E-state index is 0.767. The second-order valence-corrected chi connectivity index (χ2v) is 2.77. The lowest BCUT2D eigenvalue weighted by Gasteiger charge is -2.00. The number of rotatable bonds is 2. The lowest BCUT2D eigenvalue weighted by atomic mass is 10.2. The van der Waals surface area contributed by atoms with Crippen molar-refractivity contribution in [3.63, 3.8) is 0 Å². The summed E-state index contributed by atoms with van der Waals surface area (Å²) in [5, 5.41) is 0. The van der Waals surface area contributed by atoms with E-state index in [9.17, 15) is 0 Å². The van der Waals surface area contributed by atoms with Gasteiger partial charge in [0.15, 0.2) is 0 Å². The van der Waals surface area contributed by atoms with Crippen LogP contribution < -0.4 is 5.73 Å². The first-order chi connectivity index (χ1) is 5.74. The Morgan fingerprint density at radius 1 is 1.50 bits per heavy atom. The van der Waals surface area contributed by atoms with Gasteiger partial charge in [0.2, 0.25) is 0 Å². The Morgan fingerprint density at radius 3 is 2.92 bits per heavy atom. The fourth-order valence-electron chi connectivity index (χ4n) is 0.955. The number of hydrogen-bond acceptors (Lipinski definition) is 2. The topological polar surface area (TPSA) is 38.4 Å². The predicted molar refractivity (Wildman–Crippen MR) is 54.0 cm³/mol. The highest BCUT2D eigenvalue weighted by Crippen LogP contribution is 2.20. The van der Waals surface area contributed by atoms with E-state index in [-0.39, 0.29) is 0 Å². The largest absolute Gasteiger partial charge is 0.399 e. The number of nitrogens with two attached hydrogens (primary N) is 1. The number of aliphatic imine (C=N–C) groups is 1. The molecule has 1 aromatic carbocycles. The van der Waals surface area contributed by atoms with E-state index in [0.29, 0.717) is 0 Å². The standard InChI is InChI=1S/C10H14N2/c1-3-6-12-10-7-9(11)5-4-8(10)2/h4-7H,3,11H2,1-2H3/b12-6-. The summed E-state index contributed by atoms with van der Waals surface area (Å²) >= 11 is 0. The van der Waals surface area contributed by atoms with Gasteiger partial charge in [-0.3, -0.25) is 4.99 Å². The molecule has 0 amide bonds. The van der Waals surface area contributed by atoms with E-state index in [1.807, 2.05) is 31.3 Å². The molecular weight excluding hydrogens is 148 g/mol. The van der Waals surface area contributed by atoms with E-state index < -0.39 is 0 Å². The molecule has 0 saturated carbocycles. The third-order valence-corrected chi connectivity index (χ3v) is 1.65. The van der Waals surface area contributed by atoms with Crippen LogP contribution in [0.5, 0.6) is 0 Å². The summed E-state index contributed by atoms with van der Waals surface area (Å²) < 4.78 is 0. The summed E-state index contributed by atoms with van der Waals surface area (Å²) in [5.41, 5.74) is 8.52. The van der Waals surface area contributed by atoms with Crippen molar-refractivity contribution in [3.05, 3.63) is 23.8 Å². The molecule has 2 N–H and O–H groups in total. The van der Waals surface area contributed by atoms with E-state index in [0.717, 1.165) is 23.4 Å². The fourth-order valence-corrected chi connectivity index (χ4v) is 0.955. The van der Waals surface area contributed by atoms with E-state index in [1.165, 1.54) is 0 Å². The van der Waals surface area contributed by atoms with Gasteiger partial charge >= 0.3 is 0 Å². The average molecular weight is 162 g/mol. The summed E-state index contributed by atoms with van der Waals surface area (Å²) in [7, 11) is 0. The minimum absolute atomic E-state index is 0.767. The van der Waals surface area contributed by atoms with Gasteiger partial charge in [-0.05, 0) is 31.0 Å². The van der Waals surface area contributed by atoms with Crippen LogP contribution in [0.1, 0.15) is 18.9 Å². The first kappa shape index (κ1) is 8.78. The third-order valence-electron chi connectivity index (χ3n) is 1.65. The quantitative estimate of drug-likeness (QED) is 0.527. The Balaban J connectivity index is 2.97. The number of benzene rings is 1. The van der Waals surface area contributed by atoms with Crippen molar-refractivity contribution in [3.8, 4) is 0 Å². The smallest absolute Gasteiger partial charge is 0.0675 e.